The van der Waals surface area contributed by atoms with Crippen LogP contribution in [0, 0.1) is 5.92 Å². The Morgan fingerprint density at radius 3 is 2.60 bits per heavy atom. The number of hydrogen-bond acceptors (Lipinski definition) is 4. The lowest BCUT2D eigenvalue weighted by molar-refractivity contribution is -0.147. The first-order valence-corrected chi connectivity index (χ1v) is 8.31. The average molecular weight is 379 g/mol. The van der Waals surface area contributed by atoms with E-state index in [9.17, 15) is 22.8 Å². The molecule has 9 heteroatoms. The molecule has 0 atom stereocenters. The number of esters is 1. The van der Waals surface area contributed by atoms with Crippen LogP contribution < -0.4 is 5.32 Å². The molecule has 2 rings (SSSR count). The van der Waals surface area contributed by atoms with Crippen LogP contribution in [-0.4, -0.2) is 23.5 Å². The number of halogens is 4. The van der Waals surface area contributed by atoms with Gasteiger partial charge in [-0.3, -0.25) is 9.59 Å². The Labute approximate surface area is 147 Å². The highest BCUT2D eigenvalue weighted by molar-refractivity contribution is 6.33. The highest BCUT2D eigenvalue weighted by atomic mass is 35.5. The second-order valence-corrected chi connectivity index (χ2v) is 6.36. The quantitative estimate of drug-likeness (QED) is 0.753. The third-order valence-corrected chi connectivity index (χ3v) is 4.31. The molecule has 1 saturated carbocycles. The van der Waals surface area contributed by atoms with Crippen LogP contribution in [0.15, 0.2) is 12.3 Å². The van der Waals surface area contributed by atoms with Gasteiger partial charge in [-0.15, -0.1) is 0 Å². The summed E-state index contributed by atoms with van der Waals surface area (Å²) in [6.07, 6.45) is 1.58. The number of carbonyl (C=O) groups excluding carboxylic acids is 2. The predicted octanol–water partition coefficient (Wildman–Crippen LogP) is 4.21. The predicted molar refractivity (Wildman–Crippen MR) is 85.0 cm³/mol. The van der Waals surface area contributed by atoms with Gasteiger partial charge in [0, 0.05) is 12.6 Å². The highest BCUT2D eigenvalue weighted by Gasteiger charge is 2.31. The van der Waals surface area contributed by atoms with Crippen molar-refractivity contribution < 1.29 is 27.5 Å². The zero-order chi connectivity index (χ0) is 18.4. The molecule has 0 bridgehead atoms. The van der Waals surface area contributed by atoms with E-state index < -0.39 is 30.2 Å². The van der Waals surface area contributed by atoms with Crippen LogP contribution in [0.3, 0.4) is 0 Å². The third-order valence-electron chi connectivity index (χ3n) is 4.02. The normalized spacial score (nSPS) is 15.2. The van der Waals surface area contributed by atoms with Gasteiger partial charge in [-0.1, -0.05) is 37.3 Å². The molecular weight excluding hydrogens is 361 g/mol. The molecule has 0 unspecified atom stereocenters. The molecule has 0 aliphatic heterocycles. The number of nitrogens with one attached hydrogen (secondary N) is 1. The summed E-state index contributed by atoms with van der Waals surface area (Å²) in [6, 6.07) is 0.664. The van der Waals surface area contributed by atoms with Crippen molar-refractivity contribution in [2.75, 3.05) is 11.9 Å². The standard InChI is InChI=1S/C16H18ClF3N2O3/c17-12-7-11(16(18,19)20)8-21-15(12)22-13(23)9-25-14(24)6-5-10-3-1-2-4-10/h7-8,10H,1-6,9H2,(H,21,22,23). The zero-order valence-corrected chi connectivity index (χ0v) is 14.1. The summed E-state index contributed by atoms with van der Waals surface area (Å²) in [5.74, 6) is -0.880. The number of carbonyl (C=O) groups is 2. The van der Waals surface area contributed by atoms with E-state index in [-0.39, 0.29) is 17.3 Å². The molecule has 1 aliphatic carbocycles. The molecule has 0 spiro atoms. The van der Waals surface area contributed by atoms with Crippen LogP contribution in [0.1, 0.15) is 44.1 Å². The minimum Gasteiger partial charge on any atom is -0.456 e. The molecule has 1 fully saturated rings. The zero-order valence-electron chi connectivity index (χ0n) is 13.4. The molecule has 0 aromatic carbocycles. The first kappa shape index (κ1) is 19.5. The lowest BCUT2D eigenvalue weighted by atomic mass is 10.0. The minimum atomic E-state index is -4.58. The van der Waals surface area contributed by atoms with Crippen molar-refractivity contribution in [3.63, 3.8) is 0 Å². The van der Waals surface area contributed by atoms with Gasteiger partial charge in [0.15, 0.2) is 12.4 Å². The van der Waals surface area contributed by atoms with E-state index in [1.165, 1.54) is 12.8 Å². The van der Waals surface area contributed by atoms with Gasteiger partial charge in [0.2, 0.25) is 0 Å². The van der Waals surface area contributed by atoms with Crippen molar-refractivity contribution >= 4 is 29.3 Å². The lowest BCUT2D eigenvalue weighted by Gasteiger charge is -2.11. The van der Waals surface area contributed by atoms with Crippen molar-refractivity contribution in [3.8, 4) is 0 Å². The monoisotopic (exact) mass is 378 g/mol. The van der Waals surface area contributed by atoms with Crippen LogP contribution in [0.25, 0.3) is 0 Å². The Morgan fingerprint density at radius 2 is 2.00 bits per heavy atom. The fraction of sp³-hybridized carbons (Fsp3) is 0.562. The summed E-state index contributed by atoms with van der Waals surface area (Å²) in [5, 5.41) is 1.86. The second kappa shape index (κ2) is 8.51. The number of anilines is 1. The number of hydrogen-bond donors (Lipinski definition) is 1. The van der Waals surface area contributed by atoms with Crippen LogP contribution in [0.2, 0.25) is 5.02 Å². The Balaban J connectivity index is 1.77. The highest BCUT2D eigenvalue weighted by Crippen LogP contribution is 2.32. The molecule has 0 radical (unpaired) electrons. The van der Waals surface area contributed by atoms with Gasteiger partial charge in [-0.2, -0.15) is 13.2 Å². The number of pyridine rings is 1. The number of amides is 1. The van der Waals surface area contributed by atoms with E-state index in [1.807, 2.05) is 0 Å². The Bertz CT molecular complexity index is 632. The maximum atomic E-state index is 12.5. The van der Waals surface area contributed by atoms with E-state index in [2.05, 4.69) is 10.3 Å². The number of nitrogens with zero attached hydrogens (tertiary/aromatic N) is 1. The van der Waals surface area contributed by atoms with E-state index in [0.717, 1.165) is 19.3 Å². The van der Waals surface area contributed by atoms with Crippen LogP contribution in [0.4, 0.5) is 19.0 Å². The summed E-state index contributed by atoms with van der Waals surface area (Å²) >= 11 is 5.68. The molecule has 1 aromatic rings. The first-order chi connectivity index (χ1) is 11.8. The molecule has 1 heterocycles. The molecule has 5 nitrogen and oxygen atoms in total. The van der Waals surface area contributed by atoms with Crippen molar-refractivity contribution in [2.45, 2.75) is 44.7 Å². The van der Waals surface area contributed by atoms with Gasteiger partial charge in [-0.05, 0) is 18.4 Å². The molecule has 138 valence electrons. The van der Waals surface area contributed by atoms with Crippen molar-refractivity contribution in [3.05, 3.63) is 22.8 Å². The topological polar surface area (TPSA) is 68.3 Å². The molecule has 1 N–H and O–H groups in total. The van der Waals surface area contributed by atoms with E-state index in [4.69, 9.17) is 16.3 Å². The summed E-state index contributed by atoms with van der Waals surface area (Å²) in [6.45, 7) is -0.539. The fourth-order valence-electron chi connectivity index (χ4n) is 2.69. The van der Waals surface area contributed by atoms with Crippen LogP contribution >= 0.6 is 11.6 Å². The Kier molecular flexibility index (Phi) is 6.64. The van der Waals surface area contributed by atoms with Gasteiger partial charge in [0.05, 0.1) is 10.6 Å². The number of alkyl halides is 3. The van der Waals surface area contributed by atoms with E-state index in [1.54, 1.807) is 0 Å². The summed E-state index contributed by atoms with van der Waals surface area (Å²) in [5.41, 5.74) is -1.02. The molecular formula is C16H18ClF3N2O3. The van der Waals surface area contributed by atoms with Crippen LogP contribution in [-0.2, 0) is 20.5 Å². The molecule has 1 aliphatic rings. The number of ether oxygens (including phenoxy) is 1. The maximum Gasteiger partial charge on any atom is 0.417 e. The van der Waals surface area contributed by atoms with Crippen LogP contribution in [0.5, 0.6) is 0 Å². The van der Waals surface area contributed by atoms with E-state index in [0.29, 0.717) is 18.2 Å². The maximum absolute atomic E-state index is 12.5. The molecule has 1 aromatic heterocycles. The first-order valence-electron chi connectivity index (χ1n) is 7.94. The average Bonchev–Trinajstić information content (AvgIpc) is 3.05. The minimum absolute atomic E-state index is 0.221. The largest absolute Gasteiger partial charge is 0.456 e. The smallest absolute Gasteiger partial charge is 0.417 e. The van der Waals surface area contributed by atoms with Gasteiger partial charge in [0.1, 0.15) is 0 Å². The Morgan fingerprint density at radius 1 is 1.32 bits per heavy atom. The van der Waals surface area contributed by atoms with E-state index >= 15 is 0 Å². The summed E-state index contributed by atoms with van der Waals surface area (Å²) in [4.78, 5) is 26.8. The van der Waals surface area contributed by atoms with Crippen molar-refractivity contribution in [1.29, 1.82) is 0 Å². The molecule has 1 amide bonds. The van der Waals surface area contributed by atoms with Gasteiger partial charge in [-0.25, -0.2) is 4.98 Å². The third kappa shape index (κ3) is 6.19. The van der Waals surface area contributed by atoms with Crippen molar-refractivity contribution in [2.24, 2.45) is 5.92 Å². The molecule has 25 heavy (non-hydrogen) atoms. The SMILES string of the molecule is O=C(COC(=O)CCC1CCCC1)Nc1ncc(C(F)(F)F)cc1Cl. The lowest BCUT2D eigenvalue weighted by Crippen LogP contribution is -2.22. The van der Waals surface area contributed by atoms with Gasteiger partial charge < -0.3 is 10.1 Å². The number of rotatable bonds is 6. The fourth-order valence-corrected chi connectivity index (χ4v) is 2.91. The Hall–Kier alpha value is -1.83. The second-order valence-electron chi connectivity index (χ2n) is 5.95. The van der Waals surface area contributed by atoms with Crippen molar-refractivity contribution in [1.82, 2.24) is 4.98 Å². The number of aromatic nitrogens is 1. The molecule has 0 saturated heterocycles. The summed E-state index contributed by atoms with van der Waals surface area (Å²) in [7, 11) is 0. The summed E-state index contributed by atoms with van der Waals surface area (Å²) < 4.78 is 42.4. The van der Waals surface area contributed by atoms with Gasteiger partial charge in [0.25, 0.3) is 5.91 Å². The van der Waals surface area contributed by atoms with Gasteiger partial charge >= 0.3 is 12.1 Å².